The highest BCUT2D eigenvalue weighted by molar-refractivity contribution is 5.77. The highest BCUT2D eigenvalue weighted by atomic mass is 16.5. The quantitative estimate of drug-likeness (QED) is 0.674. The molecule has 0 atom stereocenters. The third-order valence-electron chi connectivity index (χ3n) is 4.18. The second kappa shape index (κ2) is 7.83. The van der Waals surface area contributed by atoms with E-state index in [-0.39, 0.29) is 12.5 Å². The van der Waals surface area contributed by atoms with E-state index in [1.165, 1.54) is 0 Å². The minimum absolute atomic E-state index is 0.0414. The third-order valence-corrected chi connectivity index (χ3v) is 4.18. The lowest BCUT2D eigenvalue weighted by Crippen LogP contribution is -2.30. The van der Waals surface area contributed by atoms with Crippen LogP contribution in [0.15, 0.2) is 48.8 Å². The van der Waals surface area contributed by atoms with Gasteiger partial charge in [-0.2, -0.15) is 0 Å². The number of rotatable bonds is 7. The lowest BCUT2D eigenvalue weighted by Gasteiger charge is -2.12. The van der Waals surface area contributed by atoms with Gasteiger partial charge in [-0.3, -0.25) is 4.79 Å². The fourth-order valence-corrected chi connectivity index (χ4v) is 2.88. The number of amides is 1. The van der Waals surface area contributed by atoms with E-state index in [9.17, 15) is 4.79 Å². The number of aromatic nitrogens is 2. The van der Waals surface area contributed by atoms with E-state index in [2.05, 4.69) is 20.9 Å². The Labute approximate surface area is 147 Å². The number of benzene rings is 2. The van der Waals surface area contributed by atoms with Gasteiger partial charge in [0.25, 0.3) is 5.91 Å². The molecule has 1 heterocycles. The summed E-state index contributed by atoms with van der Waals surface area (Å²) >= 11 is 0. The molecule has 1 aromatic heterocycles. The Bertz CT molecular complexity index is 850. The van der Waals surface area contributed by atoms with Crippen molar-refractivity contribution in [3.63, 3.8) is 0 Å². The molecule has 0 saturated carbocycles. The van der Waals surface area contributed by atoms with Gasteiger partial charge in [-0.25, -0.2) is 4.98 Å². The van der Waals surface area contributed by atoms with Crippen molar-refractivity contribution in [1.29, 1.82) is 0 Å². The molecule has 130 valence electrons. The van der Waals surface area contributed by atoms with E-state index in [0.29, 0.717) is 6.54 Å². The summed E-state index contributed by atoms with van der Waals surface area (Å²) in [6.07, 6.45) is 2.69. The number of hydrogen-bond donors (Lipinski definition) is 1. The molecule has 0 saturated heterocycles. The van der Waals surface area contributed by atoms with Gasteiger partial charge < -0.3 is 14.6 Å². The van der Waals surface area contributed by atoms with E-state index < -0.39 is 0 Å². The maximum atomic E-state index is 12.0. The Morgan fingerprint density at radius 1 is 1.12 bits per heavy atom. The topological polar surface area (TPSA) is 56.1 Å². The Morgan fingerprint density at radius 3 is 2.68 bits per heavy atom. The molecule has 3 aromatic rings. The number of fused-ring (bicyclic) bond motifs is 1. The molecule has 25 heavy (non-hydrogen) atoms. The molecule has 5 heteroatoms. The monoisotopic (exact) mass is 337 g/mol. The first-order valence-electron chi connectivity index (χ1n) is 8.51. The zero-order chi connectivity index (χ0) is 17.6. The van der Waals surface area contributed by atoms with Crippen LogP contribution in [-0.4, -0.2) is 28.6 Å². The summed E-state index contributed by atoms with van der Waals surface area (Å²) in [5, 5.41) is 2.90. The van der Waals surface area contributed by atoms with Crippen LogP contribution in [0.25, 0.3) is 11.0 Å². The summed E-state index contributed by atoms with van der Waals surface area (Å²) in [6.45, 7) is 5.44. The Kier molecular flexibility index (Phi) is 5.33. The van der Waals surface area contributed by atoms with Gasteiger partial charge in [0.2, 0.25) is 0 Å². The van der Waals surface area contributed by atoms with Crippen molar-refractivity contribution in [1.82, 2.24) is 14.9 Å². The zero-order valence-corrected chi connectivity index (χ0v) is 14.7. The highest BCUT2D eigenvalue weighted by Crippen LogP contribution is 2.22. The second-order valence-electron chi connectivity index (χ2n) is 6.14. The predicted octanol–water partition coefficient (Wildman–Crippen LogP) is 3.24. The molecular formula is C20H23N3O2. The molecule has 0 aliphatic heterocycles. The largest absolute Gasteiger partial charge is 0.483 e. The van der Waals surface area contributed by atoms with E-state index in [4.69, 9.17) is 4.74 Å². The van der Waals surface area contributed by atoms with Crippen molar-refractivity contribution in [3.8, 4) is 5.75 Å². The van der Waals surface area contributed by atoms with Crippen molar-refractivity contribution >= 4 is 16.9 Å². The minimum Gasteiger partial charge on any atom is -0.483 e. The first-order chi connectivity index (χ1) is 12.1. The van der Waals surface area contributed by atoms with E-state index in [1.54, 1.807) is 0 Å². The van der Waals surface area contributed by atoms with Gasteiger partial charge in [-0.15, -0.1) is 0 Å². The molecule has 2 aromatic carbocycles. The van der Waals surface area contributed by atoms with Crippen LogP contribution in [0.3, 0.4) is 0 Å². The van der Waals surface area contributed by atoms with Gasteiger partial charge in [0.1, 0.15) is 5.75 Å². The number of para-hydroxylation sites is 3. The molecule has 0 unspecified atom stereocenters. The van der Waals surface area contributed by atoms with Crippen LogP contribution in [0.2, 0.25) is 0 Å². The summed E-state index contributed by atoms with van der Waals surface area (Å²) in [6, 6.07) is 14.0. The minimum atomic E-state index is -0.0989. The Balaban J connectivity index is 1.42. The standard InChI is InChI=1S/C20H23N3O2/c1-15-7-5-8-16(2)20(15)25-13-19(24)21-11-6-12-23-14-22-17-9-3-4-10-18(17)23/h3-5,7-10,14H,6,11-13H2,1-2H3,(H,21,24). The number of ether oxygens (including phenoxy) is 1. The van der Waals surface area contributed by atoms with Gasteiger partial charge >= 0.3 is 0 Å². The summed E-state index contributed by atoms with van der Waals surface area (Å²) in [7, 11) is 0. The number of carbonyl (C=O) groups is 1. The van der Waals surface area contributed by atoms with E-state index in [0.717, 1.165) is 40.9 Å². The Morgan fingerprint density at radius 2 is 1.88 bits per heavy atom. The second-order valence-corrected chi connectivity index (χ2v) is 6.14. The number of aryl methyl sites for hydroxylation is 3. The molecule has 5 nitrogen and oxygen atoms in total. The van der Waals surface area contributed by atoms with Crippen LogP contribution in [0.1, 0.15) is 17.5 Å². The van der Waals surface area contributed by atoms with Crippen LogP contribution in [0.5, 0.6) is 5.75 Å². The van der Waals surface area contributed by atoms with Crippen LogP contribution >= 0.6 is 0 Å². The van der Waals surface area contributed by atoms with Crippen molar-refractivity contribution in [2.24, 2.45) is 0 Å². The third kappa shape index (κ3) is 4.18. The number of nitrogens with zero attached hydrogens (tertiary/aromatic N) is 2. The van der Waals surface area contributed by atoms with Crippen molar-refractivity contribution in [3.05, 3.63) is 59.9 Å². The van der Waals surface area contributed by atoms with Crippen LogP contribution in [0.4, 0.5) is 0 Å². The number of nitrogens with one attached hydrogen (secondary N) is 1. The molecule has 0 aliphatic carbocycles. The van der Waals surface area contributed by atoms with Gasteiger partial charge in [-0.1, -0.05) is 30.3 Å². The zero-order valence-electron chi connectivity index (χ0n) is 14.7. The average Bonchev–Trinajstić information content (AvgIpc) is 3.01. The molecule has 1 amide bonds. The number of carbonyl (C=O) groups excluding carboxylic acids is 1. The van der Waals surface area contributed by atoms with Crippen LogP contribution in [0, 0.1) is 13.8 Å². The average molecular weight is 337 g/mol. The summed E-state index contributed by atoms with van der Waals surface area (Å²) < 4.78 is 7.77. The van der Waals surface area contributed by atoms with Crippen molar-refractivity contribution in [2.75, 3.05) is 13.2 Å². The maximum Gasteiger partial charge on any atom is 0.257 e. The SMILES string of the molecule is Cc1cccc(C)c1OCC(=O)NCCCn1cnc2ccccc21. The number of imidazole rings is 1. The normalized spacial score (nSPS) is 10.8. The number of hydrogen-bond acceptors (Lipinski definition) is 3. The first-order valence-corrected chi connectivity index (χ1v) is 8.51. The lowest BCUT2D eigenvalue weighted by atomic mass is 10.1. The summed E-state index contributed by atoms with van der Waals surface area (Å²) in [5.74, 6) is 0.695. The predicted molar refractivity (Wildman–Crippen MR) is 98.8 cm³/mol. The highest BCUT2D eigenvalue weighted by Gasteiger charge is 2.07. The fraction of sp³-hybridized carbons (Fsp3) is 0.300. The molecule has 0 spiro atoms. The van der Waals surface area contributed by atoms with E-state index >= 15 is 0 Å². The van der Waals surface area contributed by atoms with Gasteiger partial charge in [0.05, 0.1) is 17.4 Å². The smallest absolute Gasteiger partial charge is 0.257 e. The Hall–Kier alpha value is -2.82. The molecule has 0 radical (unpaired) electrons. The van der Waals surface area contributed by atoms with Gasteiger partial charge in [0.15, 0.2) is 6.61 Å². The molecule has 0 aliphatic rings. The van der Waals surface area contributed by atoms with Gasteiger partial charge in [-0.05, 0) is 43.5 Å². The summed E-state index contributed by atoms with van der Waals surface area (Å²) in [5.41, 5.74) is 4.19. The van der Waals surface area contributed by atoms with Crippen molar-refractivity contribution in [2.45, 2.75) is 26.8 Å². The molecule has 0 fully saturated rings. The van der Waals surface area contributed by atoms with E-state index in [1.807, 2.05) is 56.6 Å². The van der Waals surface area contributed by atoms with Gasteiger partial charge in [0, 0.05) is 13.1 Å². The van der Waals surface area contributed by atoms with Crippen LogP contribution in [-0.2, 0) is 11.3 Å². The molecular weight excluding hydrogens is 314 g/mol. The van der Waals surface area contributed by atoms with Crippen LogP contribution < -0.4 is 10.1 Å². The first kappa shape index (κ1) is 17.0. The maximum absolute atomic E-state index is 12.0. The molecule has 0 bridgehead atoms. The molecule has 1 N–H and O–H groups in total. The molecule has 3 rings (SSSR count). The lowest BCUT2D eigenvalue weighted by molar-refractivity contribution is -0.123. The fourth-order valence-electron chi connectivity index (χ4n) is 2.88. The summed E-state index contributed by atoms with van der Waals surface area (Å²) in [4.78, 5) is 16.3. The van der Waals surface area contributed by atoms with Crippen molar-refractivity contribution < 1.29 is 9.53 Å².